The van der Waals surface area contributed by atoms with Crippen molar-refractivity contribution in [2.45, 2.75) is 24.7 Å². The first-order chi connectivity index (χ1) is 16.8. The third kappa shape index (κ3) is 5.36. The monoisotopic (exact) mass is 490 g/mol. The lowest BCUT2D eigenvalue weighted by molar-refractivity contribution is -0.116. The van der Waals surface area contributed by atoms with E-state index in [1.807, 2.05) is 36.4 Å². The maximum absolute atomic E-state index is 13.1. The predicted molar refractivity (Wildman–Crippen MR) is 136 cm³/mol. The number of aryl methyl sites for hydroxylation is 1. The number of aromatic nitrogens is 2. The maximum atomic E-state index is 13.1. The summed E-state index contributed by atoms with van der Waals surface area (Å²) in [5.74, 6) is -0.221. The molecule has 1 heterocycles. The van der Waals surface area contributed by atoms with Gasteiger partial charge in [-0.2, -0.15) is 0 Å². The van der Waals surface area contributed by atoms with E-state index in [2.05, 4.69) is 10.0 Å². The normalized spacial score (nSPS) is 11.3. The molecule has 0 aliphatic heterocycles. The summed E-state index contributed by atoms with van der Waals surface area (Å²) in [6, 6.07) is 24.6. The largest absolute Gasteiger partial charge is 0.326 e. The zero-order chi connectivity index (χ0) is 25.0. The van der Waals surface area contributed by atoms with Gasteiger partial charge in [0.2, 0.25) is 5.91 Å². The summed E-state index contributed by atoms with van der Waals surface area (Å²) >= 11 is 0. The van der Waals surface area contributed by atoms with E-state index in [0.717, 1.165) is 5.56 Å². The average Bonchev–Trinajstić information content (AvgIpc) is 3.07. The van der Waals surface area contributed by atoms with Crippen LogP contribution in [-0.4, -0.2) is 23.7 Å². The van der Waals surface area contributed by atoms with E-state index in [1.165, 1.54) is 16.8 Å². The van der Waals surface area contributed by atoms with Crippen LogP contribution in [0.4, 0.5) is 11.4 Å². The Balaban J connectivity index is 1.53. The van der Waals surface area contributed by atoms with Gasteiger partial charge in [-0.05, 0) is 49.2 Å². The molecule has 9 heteroatoms. The van der Waals surface area contributed by atoms with Crippen molar-refractivity contribution in [3.05, 3.63) is 107 Å². The molecule has 0 fully saturated rings. The minimum absolute atomic E-state index is 0.0337. The highest BCUT2D eigenvalue weighted by atomic mass is 32.2. The van der Waals surface area contributed by atoms with Crippen LogP contribution < -0.4 is 15.6 Å². The van der Waals surface area contributed by atoms with Gasteiger partial charge >= 0.3 is 0 Å². The number of para-hydroxylation sites is 1. The molecule has 8 nitrogen and oxygen atoms in total. The number of hydrogen-bond acceptors (Lipinski definition) is 4. The number of sulfonamides is 1. The molecule has 0 atom stereocenters. The molecule has 0 spiro atoms. The SMILES string of the molecule is Cc1c(NS(=O)(=O)c2cccc(NC(=O)CCc3ccccc3)c2)c(=O)n(-c2ccccc2)n1C. The summed E-state index contributed by atoms with van der Waals surface area (Å²) < 4.78 is 31.7. The summed E-state index contributed by atoms with van der Waals surface area (Å²) in [4.78, 5) is 25.4. The number of hydrogen-bond donors (Lipinski definition) is 2. The topological polar surface area (TPSA) is 102 Å². The van der Waals surface area contributed by atoms with E-state index in [4.69, 9.17) is 0 Å². The molecule has 2 N–H and O–H groups in total. The Morgan fingerprint density at radius 1 is 0.914 bits per heavy atom. The second kappa shape index (κ2) is 10.0. The number of anilines is 2. The van der Waals surface area contributed by atoms with Crippen molar-refractivity contribution in [2.75, 3.05) is 10.0 Å². The minimum Gasteiger partial charge on any atom is -0.326 e. The Labute approximate surface area is 203 Å². The lowest BCUT2D eigenvalue weighted by Gasteiger charge is -2.10. The maximum Gasteiger partial charge on any atom is 0.296 e. The van der Waals surface area contributed by atoms with E-state index in [-0.39, 0.29) is 22.9 Å². The molecule has 1 amide bonds. The molecule has 180 valence electrons. The Hall–Kier alpha value is -4.11. The molecule has 0 saturated heterocycles. The van der Waals surface area contributed by atoms with Crippen LogP contribution in [0.25, 0.3) is 5.69 Å². The first-order valence-electron chi connectivity index (χ1n) is 11.1. The van der Waals surface area contributed by atoms with Crippen LogP contribution in [0, 0.1) is 6.92 Å². The molecule has 0 saturated carbocycles. The number of benzene rings is 3. The van der Waals surface area contributed by atoms with Crippen LogP contribution in [-0.2, 0) is 28.3 Å². The van der Waals surface area contributed by atoms with Gasteiger partial charge in [0.1, 0.15) is 5.69 Å². The number of amides is 1. The molecule has 35 heavy (non-hydrogen) atoms. The molecule has 0 unspecified atom stereocenters. The van der Waals surface area contributed by atoms with Crippen molar-refractivity contribution in [1.82, 2.24) is 9.36 Å². The Morgan fingerprint density at radius 3 is 2.26 bits per heavy atom. The summed E-state index contributed by atoms with van der Waals surface area (Å²) in [6.07, 6.45) is 0.842. The highest BCUT2D eigenvalue weighted by Crippen LogP contribution is 2.21. The highest BCUT2D eigenvalue weighted by Gasteiger charge is 2.23. The molecule has 4 rings (SSSR count). The lowest BCUT2D eigenvalue weighted by atomic mass is 10.1. The summed E-state index contributed by atoms with van der Waals surface area (Å²) in [5, 5.41) is 2.74. The summed E-state index contributed by atoms with van der Waals surface area (Å²) in [5.41, 5.74) is 1.97. The lowest BCUT2D eigenvalue weighted by Crippen LogP contribution is -2.23. The molecule has 3 aromatic carbocycles. The van der Waals surface area contributed by atoms with E-state index < -0.39 is 15.6 Å². The van der Waals surface area contributed by atoms with Crippen molar-refractivity contribution in [1.29, 1.82) is 0 Å². The summed E-state index contributed by atoms with van der Waals surface area (Å²) in [7, 11) is -2.40. The number of nitrogens with zero attached hydrogens (tertiary/aromatic N) is 2. The van der Waals surface area contributed by atoms with Crippen molar-refractivity contribution in [3.63, 3.8) is 0 Å². The fourth-order valence-corrected chi connectivity index (χ4v) is 4.91. The van der Waals surface area contributed by atoms with Crippen molar-refractivity contribution < 1.29 is 13.2 Å². The number of nitrogens with one attached hydrogen (secondary N) is 2. The minimum atomic E-state index is -4.09. The molecule has 0 aliphatic carbocycles. The van der Waals surface area contributed by atoms with Gasteiger partial charge in [-0.25, -0.2) is 13.1 Å². The number of carbonyl (C=O) groups is 1. The van der Waals surface area contributed by atoms with E-state index in [0.29, 0.717) is 23.5 Å². The van der Waals surface area contributed by atoms with Gasteiger partial charge in [-0.15, -0.1) is 0 Å². The molecule has 0 bridgehead atoms. The van der Waals surface area contributed by atoms with Crippen LogP contribution in [0.2, 0.25) is 0 Å². The first-order valence-corrected chi connectivity index (χ1v) is 12.6. The predicted octanol–water partition coefficient (Wildman–Crippen LogP) is 3.86. The fourth-order valence-electron chi connectivity index (χ4n) is 3.75. The van der Waals surface area contributed by atoms with Crippen molar-refractivity contribution in [3.8, 4) is 5.69 Å². The second-order valence-electron chi connectivity index (χ2n) is 8.10. The Bertz CT molecular complexity index is 1510. The second-order valence-corrected chi connectivity index (χ2v) is 9.79. The molecular weight excluding hydrogens is 464 g/mol. The van der Waals surface area contributed by atoms with Crippen molar-refractivity contribution in [2.24, 2.45) is 7.05 Å². The van der Waals surface area contributed by atoms with E-state index >= 15 is 0 Å². The van der Waals surface area contributed by atoms with Gasteiger partial charge < -0.3 is 5.32 Å². The third-order valence-corrected chi connectivity index (χ3v) is 7.05. The van der Waals surface area contributed by atoms with Crippen LogP contribution in [0.5, 0.6) is 0 Å². The standard InChI is InChI=1S/C26H26N4O4S/c1-19-25(26(32)30(29(19)2)22-13-7-4-8-14-22)28-35(33,34)23-15-9-12-21(18-23)27-24(31)17-16-20-10-5-3-6-11-20/h3-15,18,28H,16-17H2,1-2H3,(H,27,31). The van der Waals surface area contributed by atoms with Gasteiger partial charge in [0.15, 0.2) is 0 Å². The summed E-state index contributed by atoms with van der Waals surface area (Å²) in [6.45, 7) is 1.67. The molecule has 0 radical (unpaired) electrons. The highest BCUT2D eigenvalue weighted by molar-refractivity contribution is 7.92. The Morgan fingerprint density at radius 2 is 1.57 bits per heavy atom. The van der Waals surface area contributed by atoms with Crippen LogP contribution in [0.1, 0.15) is 17.7 Å². The number of rotatable bonds is 8. The number of carbonyl (C=O) groups excluding carboxylic acids is 1. The van der Waals surface area contributed by atoms with Gasteiger partial charge in [-0.3, -0.25) is 19.0 Å². The zero-order valence-electron chi connectivity index (χ0n) is 19.4. The van der Waals surface area contributed by atoms with Crippen molar-refractivity contribution >= 4 is 27.3 Å². The first kappa shape index (κ1) is 24.0. The van der Waals surface area contributed by atoms with Gasteiger partial charge in [0.05, 0.1) is 16.3 Å². The van der Waals surface area contributed by atoms with Crippen LogP contribution >= 0.6 is 0 Å². The molecule has 1 aromatic heterocycles. The third-order valence-electron chi connectivity index (χ3n) is 5.70. The van der Waals surface area contributed by atoms with Crippen LogP contribution in [0.15, 0.2) is 94.6 Å². The van der Waals surface area contributed by atoms with Gasteiger partial charge in [0.25, 0.3) is 15.6 Å². The molecule has 4 aromatic rings. The Kier molecular flexibility index (Phi) is 6.88. The fraction of sp³-hybridized carbons (Fsp3) is 0.154. The van der Waals surface area contributed by atoms with E-state index in [9.17, 15) is 18.0 Å². The average molecular weight is 491 g/mol. The van der Waals surface area contributed by atoms with Crippen LogP contribution in [0.3, 0.4) is 0 Å². The molecule has 0 aliphatic rings. The van der Waals surface area contributed by atoms with Gasteiger partial charge in [-0.1, -0.05) is 54.6 Å². The zero-order valence-corrected chi connectivity index (χ0v) is 20.2. The quantitative estimate of drug-likeness (QED) is 0.392. The smallest absolute Gasteiger partial charge is 0.296 e. The van der Waals surface area contributed by atoms with E-state index in [1.54, 1.807) is 55.1 Å². The van der Waals surface area contributed by atoms with Gasteiger partial charge in [0, 0.05) is 19.2 Å². The molecular formula is C26H26N4O4S.